The molecular weight excluding hydrogens is 290 g/mol. The lowest BCUT2D eigenvalue weighted by molar-refractivity contribution is 0.182. The Morgan fingerprint density at radius 2 is 2.04 bits per heavy atom. The Hall–Kier alpha value is -2.47. The second kappa shape index (κ2) is 5.96. The molecule has 6 heteroatoms. The number of nitrogens with zero attached hydrogens (tertiary/aromatic N) is 3. The molecule has 3 N–H and O–H groups in total. The highest BCUT2D eigenvalue weighted by Gasteiger charge is 2.23. The summed E-state index contributed by atoms with van der Waals surface area (Å²) in [6.07, 6.45) is 4.62. The highest BCUT2D eigenvalue weighted by atomic mass is 16.3. The Kier molecular flexibility index (Phi) is 3.67. The van der Waals surface area contributed by atoms with Crippen molar-refractivity contribution in [2.24, 2.45) is 0 Å². The summed E-state index contributed by atoms with van der Waals surface area (Å²) in [7, 11) is 0. The summed E-state index contributed by atoms with van der Waals surface area (Å²) in [6.45, 7) is 0. The summed E-state index contributed by atoms with van der Waals surface area (Å²) < 4.78 is 0. The first-order valence-corrected chi connectivity index (χ1v) is 7.96. The average Bonchev–Trinajstić information content (AvgIpc) is 3.15. The molecule has 0 bridgehead atoms. The molecule has 6 nitrogen and oxygen atoms in total. The number of H-pyrrole nitrogens is 1. The zero-order valence-electron chi connectivity index (χ0n) is 12.7. The minimum absolute atomic E-state index is 0.208. The number of rotatable bonds is 4. The van der Waals surface area contributed by atoms with Gasteiger partial charge in [0.2, 0.25) is 0 Å². The maximum Gasteiger partial charge on any atom is 0.183 e. The van der Waals surface area contributed by atoms with E-state index in [9.17, 15) is 5.11 Å². The van der Waals surface area contributed by atoms with Crippen LogP contribution in [0.1, 0.15) is 30.7 Å². The van der Waals surface area contributed by atoms with Crippen molar-refractivity contribution in [2.75, 3.05) is 5.32 Å². The predicted octanol–water partition coefficient (Wildman–Crippen LogP) is 2.27. The van der Waals surface area contributed by atoms with Crippen molar-refractivity contribution < 1.29 is 5.11 Å². The summed E-state index contributed by atoms with van der Waals surface area (Å²) in [4.78, 5) is 16.5. The van der Waals surface area contributed by atoms with Crippen LogP contribution in [0.25, 0.3) is 11.2 Å². The second-order valence-corrected chi connectivity index (χ2v) is 6.07. The highest BCUT2D eigenvalue weighted by Crippen LogP contribution is 2.25. The first-order valence-electron chi connectivity index (χ1n) is 7.96. The first kappa shape index (κ1) is 14.1. The number of imidazole rings is 1. The monoisotopic (exact) mass is 309 g/mol. The fraction of sp³-hybridized carbons (Fsp3) is 0.353. The third-order valence-corrected chi connectivity index (χ3v) is 4.30. The Labute approximate surface area is 134 Å². The summed E-state index contributed by atoms with van der Waals surface area (Å²) in [5, 5.41) is 13.1. The van der Waals surface area contributed by atoms with E-state index in [2.05, 4.69) is 37.4 Å². The van der Waals surface area contributed by atoms with Gasteiger partial charge in [-0.2, -0.15) is 0 Å². The van der Waals surface area contributed by atoms with Gasteiger partial charge in [-0.1, -0.05) is 30.3 Å². The van der Waals surface area contributed by atoms with Crippen LogP contribution in [0.3, 0.4) is 0 Å². The lowest BCUT2D eigenvalue weighted by Gasteiger charge is -2.12. The number of aromatic amines is 1. The van der Waals surface area contributed by atoms with Gasteiger partial charge in [0.25, 0.3) is 0 Å². The molecule has 118 valence electrons. The molecule has 0 radical (unpaired) electrons. The van der Waals surface area contributed by atoms with Crippen LogP contribution >= 0.6 is 0 Å². The molecule has 2 aromatic heterocycles. The van der Waals surface area contributed by atoms with Gasteiger partial charge in [-0.3, -0.25) is 0 Å². The van der Waals surface area contributed by atoms with E-state index < -0.39 is 0 Å². The number of hydrogen-bond donors (Lipinski definition) is 3. The smallest absolute Gasteiger partial charge is 0.183 e. The van der Waals surface area contributed by atoms with Crippen LogP contribution in [0.5, 0.6) is 0 Å². The molecule has 1 aliphatic carbocycles. The number of nitrogens with one attached hydrogen (secondary N) is 2. The third kappa shape index (κ3) is 3.03. The van der Waals surface area contributed by atoms with Crippen molar-refractivity contribution in [1.29, 1.82) is 0 Å². The van der Waals surface area contributed by atoms with Crippen LogP contribution in [-0.2, 0) is 6.42 Å². The first-order chi connectivity index (χ1) is 11.3. The summed E-state index contributed by atoms with van der Waals surface area (Å²) in [5.74, 6) is 1.64. The van der Waals surface area contributed by atoms with E-state index in [4.69, 9.17) is 0 Å². The Balaban J connectivity index is 1.59. The molecule has 2 atom stereocenters. The largest absolute Gasteiger partial charge is 0.393 e. The lowest BCUT2D eigenvalue weighted by atomic mass is 10.1. The van der Waals surface area contributed by atoms with Crippen LogP contribution in [0.2, 0.25) is 0 Å². The number of hydrogen-bond acceptors (Lipinski definition) is 5. The number of aromatic nitrogens is 4. The van der Waals surface area contributed by atoms with Gasteiger partial charge in [0.05, 0.1) is 6.10 Å². The fourth-order valence-electron chi connectivity index (χ4n) is 3.14. The molecule has 1 saturated carbocycles. The molecule has 0 spiro atoms. The molecule has 1 fully saturated rings. The number of fused-ring (bicyclic) bond motifs is 1. The van der Waals surface area contributed by atoms with Crippen LogP contribution in [0.4, 0.5) is 5.82 Å². The van der Waals surface area contributed by atoms with Gasteiger partial charge in [-0.15, -0.1) is 0 Å². The van der Waals surface area contributed by atoms with Crippen LogP contribution in [0.15, 0.2) is 36.7 Å². The van der Waals surface area contributed by atoms with Crippen molar-refractivity contribution in [3.05, 3.63) is 48.0 Å². The van der Waals surface area contributed by atoms with E-state index in [0.29, 0.717) is 5.65 Å². The van der Waals surface area contributed by atoms with E-state index in [1.54, 1.807) is 0 Å². The number of benzene rings is 1. The number of anilines is 1. The third-order valence-electron chi connectivity index (χ3n) is 4.30. The van der Waals surface area contributed by atoms with E-state index in [1.807, 2.05) is 18.2 Å². The molecule has 2 heterocycles. The molecule has 0 unspecified atom stereocenters. The van der Waals surface area contributed by atoms with Crippen molar-refractivity contribution >= 4 is 17.0 Å². The molecule has 23 heavy (non-hydrogen) atoms. The summed E-state index contributed by atoms with van der Waals surface area (Å²) in [6, 6.07) is 10.5. The summed E-state index contributed by atoms with van der Waals surface area (Å²) in [5.41, 5.74) is 2.71. The minimum Gasteiger partial charge on any atom is -0.393 e. The van der Waals surface area contributed by atoms with Crippen molar-refractivity contribution in [2.45, 2.75) is 37.8 Å². The predicted molar refractivity (Wildman–Crippen MR) is 88.2 cm³/mol. The molecule has 1 aliphatic rings. The zero-order chi connectivity index (χ0) is 15.6. The van der Waals surface area contributed by atoms with Crippen LogP contribution in [0, 0.1) is 0 Å². The van der Waals surface area contributed by atoms with E-state index in [0.717, 1.165) is 42.8 Å². The Morgan fingerprint density at radius 1 is 1.17 bits per heavy atom. The number of aliphatic hydroxyl groups is 1. The minimum atomic E-state index is -0.208. The van der Waals surface area contributed by atoms with E-state index >= 15 is 0 Å². The second-order valence-electron chi connectivity index (χ2n) is 6.07. The maximum absolute atomic E-state index is 9.67. The molecule has 0 saturated heterocycles. The topological polar surface area (TPSA) is 86.7 Å². The quantitative estimate of drug-likeness (QED) is 0.688. The molecule has 3 aromatic rings. The fourth-order valence-corrected chi connectivity index (χ4v) is 3.14. The van der Waals surface area contributed by atoms with Crippen LogP contribution < -0.4 is 5.32 Å². The van der Waals surface area contributed by atoms with Crippen molar-refractivity contribution in [3.8, 4) is 0 Å². The van der Waals surface area contributed by atoms with Gasteiger partial charge in [-0.25, -0.2) is 15.0 Å². The highest BCUT2D eigenvalue weighted by molar-refractivity contribution is 5.82. The average molecular weight is 309 g/mol. The van der Waals surface area contributed by atoms with E-state index in [-0.39, 0.29) is 12.1 Å². The van der Waals surface area contributed by atoms with E-state index in [1.165, 1.54) is 11.9 Å². The molecule has 1 aromatic carbocycles. The van der Waals surface area contributed by atoms with Crippen molar-refractivity contribution in [3.63, 3.8) is 0 Å². The van der Waals surface area contributed by atoms with Crippen molar-refractivity contribution in [1.82, 2.24) is 19.9 Å². The number of aliphatic hydroxyl groups excluding tert-OH is 1. The standard InChI is InChI=1S/C17H19N5O/c23-13-7-6-12(9-13)20-16-15-17(19-10-18-16)22-14(21-15)8-11-4-2-1-3-5-11/h1-5,10,12-13,23H,6-9H2,(H2,18,19,20,21,22)/t12-,13+/m1/s1. The molecule has 0 aliphatic heterocycles. The van der Waals surface area contributed by atoms with Gasteiger partial charge in [0.15, 0.2) is 11.5 Å². The zero-order valence-corrected chi connectivity index (χ0v) is 12.7. The van der Waals surface area contributed by atoms with Gasteiger partial charge in [-0.05, 0) is 24.8 Å². The Morgan fingerprint density at radius 3 is 2.83 bits per heavy atom. The normalized spacial score (nSPS) is 20.9. The molecule has 4 rings (SSSR count). The Bertz CT molecular complexity index is 801. The molecule has 0 amide bonds. The van der Waals surface area contributed by atoms with Gasteiger partial charge in [0.1, 0.15) is 17.7 Å². The summed E-state index contributed by atoms with van der Waals surface area (Å²) >= 11 is 0. The van der Waals surface area contributed by atoms with Gasteiger partial charge in [0, 0.05) is 12.5 Å². The SMILES string of the molecule is O[C@H]1CC[C@@H](Nc2ncnc3nc(Cc4ccccc4)[nH]c23)C1. The lowest BCUT2D eigenvalue weighted by Crippen LogP contribution is -2.17. The molecular formula is C17H19N5O. The van der Waals surface area contributed by atoms with Crippen LogP contribution in [-0.4, -0.2) is 37.2 Å². The van der Waals surface area contributed by atoms with Gasteiger partial charge >= 0.3 is 0 Å². The maximum atomic E-state index is 9.67. The van der Waals surface area contributed by atoms with Gasteiger partial charge < -0.3 is 15.4 Å².